The minimum Gasteiger partial charge on any atom is -0.469 e. The molecule has 0 saturated heterocycles. The van der Waals surface area contributed by atoms with Gasteiger partial charge in [0.2, 0.25) is 0 Å². The molecular weight excluding hydrogens is 263 g/mol. The predicted molar refractivity (Wildman–Crippen MR) is 62.8 cm³/mol. The molecule has 1 rings (SSSR count). The number of anilines is 1. The number of hydrogen-bond acceptors (Lipinski definition) is 4. The number of halogens is 3. The van der Waals surface area contributed by atoms with E-state index in [2.05, 4.69) is 14.8 Å². The van der Waals surface area contributed by atoms with Crippen LogP contribution < -0.4 is 10.1 Å². The molecule has 0 saturated carbocycles. The van der Waals surface area contributed by atoms with Crippen molar-refractivity contribution in [3.63, 3.8) is 0 Å². The lowest BCUT2D eigenvalue weighted by Gasteiger charge is -2.15. The van der Waals surface area contributed by atoms with Crippen molar-refractivity contribution in [2.75, 3.05) is 12.4 Å². The average Bonchev–Trinajstić information content (AvgIpc) is 2.26. The van der Waals surface area contributed by atoms with Crippen molar-refractivity contribution in [2.24, 2.45) is 0 Å². The van der Waals surface area contributed by atoms with Gasteiger partial charge in [-0.05, 0) is 19.1 Å². The summed E-state index contributed by atoms with van der Waals surface area (Å²) >= 11 is 0. The summed E-state index contributed by atoms with van der Waals surface area (Å²) in [5.41, 5.74) is 0.429. The maximum atomic E-state index is 12.0. The highest BCUT2D eigenvalue weighted by Crippen LogP contribution is 2.25. The summed E-state index contributed by atoms with van der Waals surface area (Å²) in [6.45, 7) is 1.72. The van der Waals surface area contributed by atoms with Gasteiger partial charge in [0.05, 0.1) is 13.5 Å². The molecule has 1 aromatic carbocycles. The topological polar surface area (TPSA) is 47.6 Å². The second kappa shape index (κ2) is 6.31. The summed E-state index contributed by atoms with van der Waals surface area (Å²) in [6, 6.07) is 5.14. The van der Waals surface area contributed by atoms with Crippen LogP contribution in [0, 0.1) is 0 Å². The number of ether oxygens (including phenoxy) is 2. The lowest BCUT2D eigenvalue weighted by Crippen LogP contribution is -2.20. The van der Waals surface area contributed by atoms with E-state index < -0.39 is 12.3 Å². The van der Waals surface area contributed by atoms with Crippen molar-refractivity contribution in [1.82, 2.24) is 0 Å². The van der Waals surface area contributed by atoms with Crippen LogP contribution in [0.5, 0.6) is 5.75 Å². The normalized spacial score (nSPS) is 12.7. The molecule has 0 spiro atoms. The summed E-state index contributed by atoms with van der Waals surface area (Å²) in [7, 11) is 1.27. The highest BCUT2D eigenvalue weighted by molar-refractivity contribution is 5.70. The van der Waals surface area contributed by atoms with E-state index in [9.17, 15) is 18.0 Å². The van der Waals surface area contributed by atoms with Crippen LogP contribution in [0.1, 0.15) is 13.3 Å². The quantitative estimate of drug-likeness (QED) is 0.841. The van der Waals surface area contributed by atoms with E-state index in [0.717, 1.165) is 0 Å². The molecule has 0 aliphatic heterocycles. The summed E-state index contributed by atoms with van der Waals surface area (Å²) in [5, 5.41) is 2.89. The van der Waals surface area contributed by atoms with Crippen LogP contribution in [-0.2, 0) is 9.53 Å². The summed E-state index contributed by atoms with van der Waals surface area (Å²) in [5.74, 6) is -0.717. The zero-order chi connectivity index (χ0) is 14.5. The molecule has 1 aromatic rings. The van der Waals surface area contributed by atoms with Gasteiger partial charge < -0.3 is 14.8 Å². The van der Waals surface area contributed by atoms with Crippen molar-refractivity contribution in [3.8, 4) is 5.75 Å². The van der Waals surface area contributed by atoms with Gasteiger partial charge in [0.25, 0.3) is 0 Å². The van der Waals surface area contributed by atoms with E-state index in [1.807, 2.05) is 0 Å². The third kappa shape index (κ3) is 5.98. The maximum absolute atomic E-state index is 12.0. The maximum Gasteiger partial charge on any atom is 0.573 e. The fourth-order valence-corrected chi connectivity index (χ4v) is 1.45. The van der Waals surface area contributed by atoms with Crippen molar-refractivity contribution in [3.05, 3.63) is 24.3 Å². The first-order chi connectivity index (χ1) is 8.80. The van der Waals surface area contributed by atoms with Crippen LogP contribution in [0.4, 0.5) is 18.9 Å². The molecule has 1 unspecified atom stereocenters. The van der Waals surface area contributed by atoms with E-state index in [4.69, 9.17) is 0 Å². The number of carbonyl (C=O) groups is 1. The van der Waals surface area contributed by atoms with E-state index in [1.165, 1.54) is 25.3 Å². The lowest BCUT2D eigenvalue weighted by molar-refractivity contribution is -0.274. The highest BCUT2D eigenvalue weighted by atomic mass is 19.4. The zero-order valence-corrected chi connectivity index (χ0v) is 10.5. The van der Waals surface area contributed by atoms with Crippen LogP contribution in [-0.4, -0.2) is 25.5 Å². The van der Waals surface area contributed by atoms with E-state index >= 15 is 0 Å². The number of esters is 1. The van der Waals surface area contributed by atoms with Gasteiger partial charge in [-0.15, -0.1) is 13.2 Å². The average molecular weight is 277 g/mol. The Labute approximate surface area is 108 Å². The second-order valence-electron chi connectivity index (χ2n) is 3.90. The van der Waals surface area contributed by atoms with E-state index in [1.54, 1.807) is 13.0 Å². The smallest absolute Gasteiger partial charge is 0.469 e. The number of benzene rings is 1. The van der Waals surface area contributed by atoms with Crippen LogP contribution in [0.2, 0.25) is 0 Å². The molecule has 7 heteroatoms. The highest BCUT2D eigenvalue weighted by Gasteiger charge is 2.31. The number of alkyl halides is 3. The first-order valence-corrected chi connectivity index (χ1v) is 5.49. The van der Waals surface area contributed by atoms with Crippen LogP contribution in [0.25, 0.3) is 0 Å². The second-order valence-corrected chi connectivity index (χ2v) is 3.90. The standard InChI is InChI=1S/C12H14F3NO3/c1-8(6-11(17)18-2)16-9-4-3-5-10(7-9)19-12(13,14)15/h3-5,7-8,16H,6H2,1-2H3. The van der Waals surface area contributed by atoms with Gasteiger partial charge >= 0.3 is 12.3 Å². The summed E-state index contributed by atoms with van der Waals surface area (Å²) in [6.07, 6.45) is -4.61. The van der Waals surface area contributed by atoms with Gasteiger partial charge in [0, 0.05) is 17.8 Å². The first-order valence-electron chi connectivity index (χ1n) is 5.49. The molecule has 19 heavy (non-hydrogen) atoms. The fourth-order valence-electron chi connectivity index (χ4n) is 1.45. The molecule has 0 aliphatic rings. The van der Waals surface area contributed by atoms with Gasteiger partial charge in [0.1, 0.15) is 5.75 Å². The van der Waals surface area contributed by atoms with Crippen molar-refractivity contribution in [2.45, 2.75) is 25.7 Å². The van der Waals surface area contributed by atoms with Gasteiger partial charge in [-0.25, -0.2) is 0 Å². The molecule has 0 aromatic heterocycles. The fraction of sp³-hybridized carbons (Fsp3) is 0.417. The Morgan fingerprint density at radius 1 is 1.42 bits per heavy atom. The zero-order valence-electron chi connectivity index (χ0n) is 10.5. The first kappa shape index (κ1) is 15.1. The molecule has 0 fully saturated rings. The van der Waals surface area contributed by atoms with Gasteiger partial charge in [-0.2, -0.15) is 0 Å². The number of carbonyl (C=O) groups excluding carboxylic acids is 1. The third-order valence-electron chi connectivity index (χ3n) is 2.18. The summed E-state index contributed by atoms with van der Waals surface area (Å²) < 4.78 is 44.4. The number of hydrogen-bond donors (Lipinski definition) is 1. The SMILES string of the molecule is COC(=O)CC(C)Nc1cccc(OC(F)(F)F)c1. The van der Waals surface area contributed by atoms with Crippen molar-refractivity contribution in [1.29, 1.82) is 0 Å². The Hall–Kier alpha value is -1.92. The molecule has 0 radical (unpaired) electrons. The predicted octanol–water partition coefficient (Wildman–Crippen LogP) is 2.95. The Morgan fingerprint density at radius 3 is 2.68 bits per heavy atom. The summed E-state index contributed by atoms with van der Waals surface area (Å²) in [4.78, 5) is 11.0. The number of rotatable bonds is 5. The molecule has 0 bridgehead atoms. The van der Waals surface area contributed by atoms with Crippen molar-refractivity contribution < 1.29 is 27.4 Å². The Balaban J connectivity index is 2.64. The van der Waals surface area contributed by atoms with Crippen LogP contribution in [0.3, 0.4) is 0 Å². The van der Waals surface area contributed by atoms with E-state index in [-0.39, 0.29) is 18.2 Å². The van der Waals surface area contributed by atoms with Gasteiger partial charge in [0.15, 0.2) is 0 Å². The molecule has 4 nitrogen and oxygen atoms in total. The molecule has 1 N–H and O–H groups in total. The molecule has 106 valence electrons. The molecule has 1 atom stereocenters. The minimum atomic E-state index is -4.73. The van der Waals surface area contributed by atoms with Crippen LogP contribution >= 0.6 is 0 Å². The lowest BCUT2D eigenvalue weighted by atomic mass is 10.2. The monoisotopic (exact) mass is 277 g/mol. The molecule has 0 amide bonds. The molecule has 0 aliphatic carbocycles. The van der Waals surface area contributed by atoms with Crippen LogP contribution in [0.15, 0.2) is 24.3 Å². The van der Waals surface area contributed by atoms with Crippen molar-refractivity contribution >= 4 is 11.7 Å². The molecular formula is C12H14F3NO3. The Bertz CT molecular complexity index is 434. The van der Waals surface area contributed by atoms with E-state index in [0.29, 0.717) is 5.69 Å². The minimum absolute atomic E-state index is 0.112. The Morgan fingerprint density at radius 2 is 2.11 bits per heavy atom. The number of nitrogens with one attached hydrogen (secondary N) is 1. The van der Waals surface area contributed by atoms with Gasteiger partial charge in [-0.1, -0.05) is 6.07 Å². The largest absolute Gasteiger partial charge is 0.573 e. The molecule has 0 heterocycles. The third-order valence-corrected chi connectivity index (χ3v) is 2.18. The number of methoxy groups -OCH3 is 1. The van der Waals surface area contributed by atoms with Gasteiger partial charge in [-0.3, -0.25) is 4.79 Å². The Kier molecular flexibility index (Phi) is 5.02.